The lowest BCUT2D eigenvalue weighted by Gasteiger charge is -2.26. The number of allylic oxidation sites excluding steroid dienone is 26. The van der Waals surface area contributed by atoms with Crippen LogP contribution >= 0.6 is 0 Å². The van der Waals surface area contributed by atoms with Gasteiger partial charge in [-0.25, -0.2) is 0 Å². The summed E-state index contributed by atoms with van der Waals surface area (Å²) in [7, 11) is 5.89. The topological polar surface area (TPSA) is 111 Å². The molecule has 0 rings (SSSR count). The number of nitrogens with zero attached hydrogens (tertiary/aromatic N) is 1. The quantitative estimate of drug-likeness (QED) is 0.0195. The summed E-state index contributed by atoms with van der Waals surface area (Å²) in [6.07, 6.45) is 84.8. The largest absolute Gasteiger partial charge is 0.545 e. The Kier molecular flexibility index (Phi) is 55.2. The molecule has 79 heavy (non-hydrogen) atoms. The van der Waals surface area contributed by atoms with Crippen LogP contribution in [0.3, 0.4) is 0 Å². The number of unbranched alkanes of at least 4 members (excludes halogenated alkanes) is 13. The summed E-state index contributed by atoms with van der Waals surface area (Å²) in [5, 5.41) is 11.8. The third-order valence-corrected chi connectivity index (χ3v) is 12.3. The molecule has 0 aromatic carbocycles. The zero-order chi connectivity index (χ0) is 57.6. The molecule has 444 valence electrons. The van der Waals surface area contributed by atoms with Gasteiger partial charge in [0.1, 0.15) is 13.2 Å². The Morgan fingerprint density at radius 3 is 1.06 bits per heavy atom. The van der Waals surface area contributed by atoms with Crippen molar-refractivity contribution < 1.29 is 42.9 Å². The van der Waals surface area contributed by atoms with Crippen molar-refractivity contribution in [3.8, 4) is 0 Å². The van der Waals surface area contributed by atoms with Crippen LogP contribution in [0, 0.1) is 0 Å². The van der Waals surface area contributed by atoms with E-state index in [-0.39, 0.29) is 32.7 Å². The first-order valence-corrected chi connectivity index (χ1v) is 30.6. The van der Waals surface area contributed by atoms with E-state index in [1.54, 1.807) is 0 Å². The highest BCUT2D eigenvalue weighted by Crippen LogP contribution is 2.15. The monoisotopic (exact) mass is 1090 g/mol. The minimum absolute atomic E-state index is 0.130. The molecule has 0 amide bonds. The van der Waals surface area contributed by atoms with E-state index in [0.29, 0.717) is 23.9 Å². The van der Waals surface area contributed by atoms with E-state index in [1.165, 1.54) is 64.2 Å². The van der Waals surface area contributed by atoms with Crippen LogP contribution in [0.25, 0.3) is 0 Å². The van der Waals surface area contributed by atoms with Crippen molar-refractivity contribution in [3.05, 3.63) is 158 Å². The standard InChI is InChI=1S/C70H111NO8/c1-6-8-10-12-14-16-18-20-21-22-23-24-25-26-27-28-29-30-31-32-33-34-35-36-37-38-39-40-41-42-43-44-45-46-47-49-51-53-55-57-59-61-68(73)79-66(65-78-70(69(74)75)76-63-62-71(3,4)5)64-77-67(72)60-58-56-54-52-50-48-19-17-15-13-11-9-7-2/h8-11,14-17,20-21,23-24,26-27,29-30,32-33,35-36,38-39,48,50,54,56,66,70H,6-7,12-13,18-19,22,25,28,31,34,37,40-47,49,51-53,55,57-65H2,1-5H3/b10-8-,11-9-,16-14-,17-15-,21-20-,24-23-,27-26-,30-29-,33-32-,36-35-,39-38-,50-48-,56-54-. The highest BCUT2D eigenvalue weighted by molar-refractivity contribution is 5.70. The minimum Gasteiger partial charge on any atom is -0.545 e. The fourth-order valence-corrected chi connectivity index (χ4v) is 7.66. The summed E-state index contributed by atoms with van der Waals surface area (Å²) < 4.78 is 22.5. The summed E-state index contributed by atoms with van der Waals surface area (Å²) in [6.45, 7) is 4.40. The summed E-state index contributed by atoms with van der Waals surface area (Å²) in [5.41, 5.74) is 0. The maximum absolute atomic E-state index is 12.9. The van der Waals surface area contributed by atoms with Gasteiger partial charge < -0.3 is 33.3 Å². The van der Waals surface area contributed by atoms with E-state index in [4.69, 9.17) is 18.9 Å². The number of quaternary nitrogens is 1. The van der Waals surface area contributed by atoms with Gasteiger partial charge >= 0.3 is 11.9 Å². The van der Waals surface area contributed by atoms with Crippen molar-refractivity contribution >= 4 is 17.9 Å². The SMILES string of the molecule is CC/C=C\C/C=C\C/C=C\C/C=C\C/C=C\C/C=C\C/C=C\C/C=C\C/C=C\CCCCCCCCCCCCCCCC(=O)OC(COC(=O)CC/C=C\C/C=C\C/C=C\C/C=C\CC)COC(OCC[N+](C)(C)C)C(=O)[O-]. The normalized spacial score (nSPS) is 13.9. The van der Waals surface area contributed by atoms with Gasteiger partial charge in [-0.3, -0.25) is 9.59 Å². The molecule has 0 bridgehead atoms. The van der Waals surface area contributed by atoms with Crippen LogP contribution in [-0.2, 0) is 33.3 Å². The summed E-state index contributed by atoms with van der Waals surface area (Å²) in [6, 6.07) is 0. The average Bonchev–Trinajstić information content (AvgIpc) is 3.42. The first-order valence-electron chi connectivity index (χ1n) is 30.6. The Morgan fingerprint density at radius 1 is 0.380 bits per heavy atom. The number of ether oxygens (including phenoxy) is 4. The molecule has 2 unspecified atom stereocenters. The number of carboxylic acids is 1. The fraction of sp³-hybridized carbons (Fsp3) is 0.586. The lowest BCUT2D eigenvalue weighted by molar-refractivity contribution is -0.870. The number of carboxylic acid groups (broad SMARTS) is 1. The Bertz CT molecular complexity index is 1850. The number of carbonyl (C=O) groups excluding carboxylic acids is 3. The molecule has 0 N–H and O–H groups in total. The predicted molar refractivity (Wildman–Crippen MR) is 333 cm³/mol. The molecular formula is C70H111NO8. The van der Waals surface area contributed by atoms with Crippen molar-refractivity contribution in [1.29, 1.82) is 0 Å². The fourth-order valence-electron chi connectivity index (χ4n) is 7.66. The van der Waals surface area contributed by atoms with Crippen LogP contribution in [0.5, 0.6) is 0 Å². The maximum Gasteiger partial charge on any atom is 0.306 e. The van der Waals surface area contributed by atoms with Gasteiger partial charge in [0.15, 0.2) is 12.4 Å². The van der Waals surface area contributed by atoms with Gasteiger partial charge in [0.05, 0.1) is 40.3 Å². The molecule has 0 heterocycles. The molecule has 0 aromatic heterocycles. The van der Waals surface area contributed by atoms with Gasteiger partial charge in [0, 0.05) is 12.8 Å². The minimum atomic E-state index is -1.64. The molecule has 0 radical (unpaired) electrons. The van der Waals surface area contributed by atoms with Gasteiger partial charge in [-0.2, -0.15) is 0 Å². The number of esters is 2. The molecule has 0 saturated heterocycles. The molecular weight excluding hydrogens is 983 g/mol. The van der Waals surface area contributed by atoms with Crippen molar-refractivity contribution in [3.63, 3.8) is 0 Å². The Labute approximate surface area is 483 Å². The molecule has 0 aromatic rings. The smallest absolute Gasteiger partial charge is 0.306 e. The van der Waals surface area contributed by atoms with E-state index in [0.717, 1.165) is 103 Å². The zero-order valence-electron chi connectivity index (χ0n) is 50.4. The van der Waals surface area contributed by atoms with Crippen LogP contribution in [0.15, 0.2) is 158 Å². The zero-order valence-corrected chi connectivity index (χ0v) is 50.4. The van der Waals surface area contributed by atoms with Crippen LogP contribution in [-0.4, -0.2) is 82.3 Å². The molecule has 0 spiro atoms. The summed E-state index contributed by atoms with van der Waals surface area (Å²) in [5.74, 6) is -2.41. The maximum atomic E-state index is 12.9. The van der Waals surface area contributed by atoms with Crippen LogP contribution in [0.2, 0.25) is 0 Å². The van der Waals surface area contributed by atoms with Crippen molar-refractivity contribution in [2.45, 2.75) is 219 Å². The molecule has 2 atom stereocenters. The highest BCUT2D eigenvalue weighted by atomic mass is 16.7. The van der Waals surface area contributed by atoms with Crippen LogP contribution in [0.1, 0.15) is 206 Å². The number of likely N-dealkylation sites (N-methyl/N-ethyl adjacent to an activating group) is 1. The Hall–Kier alpha value is -5.09. The molecule has 9 heteroatoms. The van der Waals surface area contributed by atoms with E-state index >= 15 is 0 Å². The second-order valence-corrected chi connectivity index (χ2v) is 20.9. The second-order valence-electron chi connectivity index (χ2n) is 20.9. The molecule has 9 nitrogen and oxygen atoms in total. The molecule has 0 aliphatic carbocycles. The first-order chi connectivity index (χ1) is 38.6. The second kappa shape index (κ2) is 59.0. The van der Waals surface area contributed by atoms with Gasteiger partial charge in [0.2, 0.25) is 0 Å². The van der Waals surface area contributed by atoms with Gasteiger partial charge in [-0.1, -0.05) is 242 Å². The summed E-state index contributed by atoms with van der Waals surface area (Å²) >= 11 is 0. The first kappa shape index (κ1) is 73.9. The van der Waals surface area contributed by atoms with E-state index in [9.17, 15) is 19.5 Å². The lowest BCUT2D eigenvalue weighted by Crippen LogP contribution is -2.44. The summed E-state index contributed by atoms with van der Waals surface area (Å²) in [4.78, 5) is 37.2. The van der Waals surface area contributed by atoms with Crippen LogP contribution < -0.4 is 5.11 Å². The number of carbonyl (C=O) groups is 3. The molecule has 0 aliphatic heterocycles. The van der Waals surface area contributed by atoms with Gasteiger partial charge in [-0.15, -0.1) is 0 Å². The highest BCUT2D eigenvalue weighted by Gasteiger charge is 2.21. The molecule has 0 saturated carbocycles. The number of rotatable bonds is 54. The number of aliphatic carboxylic acids is 1. The third-order valence-electron chi connectivity index (χ3n) is 12.3. The van der Waals surface area contributed by atoms with E-state index in [2.05, 4.69) is 160 Å². The third kappa shape index (κ3) is 60.4. The van der Waals surface area contributed by atoms with E-state index in [1.807, 2.05) is 33.3 Å². The molecule has 0 aliphatic rings. The number of hydrogen-bond acceptors (Lipinski definition) is 8. The number of hydrogen-bond donors (Lipinski definition) is 0. The van der Waals surface area contributed by atoms with Gasteiger partial charge in [0.25, 0.3) is 0 Å². The van der Waals surface area contributed by atoms with Crippen molar-refractivity contribution in [1.82, 2.24) is 0 Å². The Morgan fingerprint density at radius 2 is 0.709 bits per heavy atom. The van der Waals surface area contributed by atoms with Crippen molar-refractivity contribution in [2.75, 3.05) is 47.5 Å². The molecule has 0 fully saturated rings. The lowest BCUT2D eigenvalue weighted by atomic mass is 10.0. The van der Waals surface area contributed by atoms with E-state index < -0.39 is 30.3 Å². The van der Waals surface area contributed by atoms with Crippen LogP contribution in [0.4, 0.5) is 0 Å². The average molecular weight is 1090 g/mol. The predicted octanol–water partition coefficient (Wildman–Crippen LogP) is 17.2. The van der Waals surface area contributed by atoms with Gasteiger partial charge in [-0.05, 0) is 109 Å². The van der Waals surface area contributed by atoms with Crippen molar-refractivity contribution in [2.24, 2.45) is 0 Å². The Balaban J connectivity index is 4.12.